The fraction of sp³-hybridized carbons (Fsp3) is 0.348. The van der Waals surface area contributed by atoms with E-state index in [4.69, 9.17) is 9.84 Å². The first-order chi connectivity index (χ1) is 15.0. The van der Waals surface area contributed by atoms with E-state index < -0.39 is 24.2 Å². The van der Waals surface area contributed by atoms with Crippen molar-refractivity contribution in [1.82, 2.24) is 10.2 Å². The Balaban J connectivity index is 1.40. The van der Waals surface area contributed by atoms with Gasteiger partial charge in [0.1, 0.15) is 12.6 Å². The Hall–Kier alpha value is -3.55. The molecule has 2 aromatic carbocycles. The lowest BCUT2D eigenvalue weighted by Crippen LogP contribution is -2.50. The number of aliphatic carboxylic acids is 1. The van der Waals surface area contributed by atoms with Gasteiger partial charge >= 0.3 is 18.2 Å². The molecule has 31 heavy (non-hydrogen) atoms. The third kappa shape index (κ3) is 4.19. The number of carbonyl (C=O) groups is 3. The monoisotopic (exact) mass is 424 g/mol. The normalized spacial score (nSPS) is 16.8. The van der Waals surface area contributed by atoms with Gasteiger partial charge in [0, 0.05) is 19.0 Å². The summed E-state index contributed by atoms with van der Waals surface area (Å²) in [6.07, 6.45) is -1.07. The van der Waals surface area contributed by atoms with E-state index in [1.165, 1.54) is 4.90 Å². The smallest absolute Gasteiger partial charge is 0.407 e. The number of carboxylic acid groups (broad SMARTS) is 2. The van der Waals surface area contributed by atoms with Crippen molar-refractivity contribution in [3.8, 4) is 11.1 Å². The van der Waals surface area contributed by atoms with Crippen molar-refractivity contribution >= 4 is 18.2 Å². The fourth-order valence-corrected chi connectivity index (χ4v) is 4.57. The average Bonchev–Trinajstić information content (AvgIpc) is 3.10. The molecule has 8 heteroatoms. The van der Waals surface area contributed by atoms with Gasteiger partial charge in [0.15, 0.2) is 0 Å². The molecule has 0 saturated carbocycles. The van der Waals surface area contributed by atoms with E-state index in [0.717, 1.165) is 22.3 Å². The molecule has 0 radical (unpaired) electrons. The Morgan fingerprint density at radius 1 is 0.968 bits per heavy atom. The number of carbonyl (C=O) groups excluding carboxylic acids is 1. The molecule has 4 rings (SSSR count). The first-order valence-electron chi connectivity index (χ1n) is 10.3. The lowest BCUT2D eigenvalue weighted by molar-refractivity contribution is -0.141. The van der Waals surface area contributed by atoms with E-state index in [-0.39, 0.29) is 31.5 Å². The van der Waals surface area contributed by atoms with Gasteiger partial charge in [-0.15, -0.1) is 0 Å². The van der Waals surface area contributed by atoms with E-state index in [1.807, 2.05) is 48.5 Å². The standard InChI is InChI=1S/C23H24N2O6/c26-21(27)20(14-9-11-25(12-10-14)23(29)30)24-22(28)31-13-19-17-7-3-1-5-15(17)16-6-2-4-8-18(16)19/h1-8,14,19-20H,9-13H2,(H,24,28)(H,26,27)(H,29,30). The van der Waals surface area contributed by atoms with Crippen molar-refractivity contribution in [3.05, 3.63) is 59.7 Å². The molecule has 2 amide bonds. The molecule has 1 aliphatic carbocycles. The van der Waals surface area contributed by atoms with Crippen molar-refractivity contribution in [2.45, 2.75) is 24.8 Å². The van der Waals surface area contributed by atoms with Crippen LogP contribution >= 0.6 is 0 Å². The van der Waals surface area contributed by atoms with Crippen molar-refractivity contribution in [3.63, 3.8) is 0 Å². The number of amides is 2. The first-order valence-corrected chi connectivity index (χ1v) is 10.3. The summed E-state index contributed by atoms with van der Waals surface area (Å²) in [6.45, 7) is 0.593. The van der Waals surface area contributed by atoms with Crippen molar-refractivity contribution < 1.29 is 29.3 Å². The molecule has 2 aromatic rings. The molecule has 1 heterocycles. The van der Waals surface area contributed by atoms with Gasteiger partial charge in [-0.05, 0) is 41.0 Å². The highest BCUT2D eigenvalue weighted by Crippen LogP contribution is 2.44. The SMILES string of the molecule is O=C(NC(C(=O)O)C1CCN(C(=O)O)CC1)OCC1c2ccccc2-c2ccccc21. The summed E-state index contributed by atoms with van der Waals surface area (Å²) >= 11 is 0. The van der Waals surface area contributed by atoms with Crippen LogP contribution in [0.3, 0.4) is 0 Å². The summed E-state index contributed by atoms with van der Waals surface area (Å²) in [4.78, 5) is 36.5. The predicted molar refractivity (Wildman–Crippen MR) is 112 cm³/mol. The van der Waals surface area contributed by atoms with Gasteiger partial charge in [0.2, 0.25) is 0 Å². The van der Waals surface area contributed by atoms with Crippen LogP contribution in [0.15, 0.2) is 48.5 Å². The summed E-state index contributed by atoms with van der Waals surface area (Å²) in [6, 6.07) is 14.8. The van der Waals surface area contributed by atoms with Crippen LogP contribution < -0.4 is 5.32 Å². The van der Waals surface area contributed by atoms with Gasteiger partial charge < -0.3 is 25.2 Å². The third-order valence-electron chi connectivity index (χ3n) is 6.16. The van der Waals surface area contributed by atoms with Gasteiger partial charge in [0.05, 0.1) is 0 Å². The maximum Gasteiger partial charge on any atom is 0.407 e. The summed E-state index contributed by atoms with van der Waals surface area (Å²) in [7, 11) is 0. The molecule has 3 N–H and O–H groups in total. The van der Waals surface area contributed by atoms with Crippen LogP contribution in [0.25, 0.3) is 11.1 Å². The number of hydrogen-bond acceptors (Lipinski definition) is 4. The molecule has 1 atom stereocenters. The van der Waals surface area contributed by atoms with Crippen LogP contribution in [0, 0.1) is 5.92 Å². The maximum absolute atomic E-state index is 12.5. The minimum Gasteiger partial charge on any atom is -0.480 e. The predicted octanol–water partition coefficient (Wildman–Crippen LogP) is 3.37. The first kappa shape index (κ1) is 20.7. The lowest BCUT2D eigenvalue weighted by atomic mass is 9.89. The molecule has 1 unspecified atom stereocenters. The molecule has 8 nitrogen and oxygen atoms in total. The number of rotatable bonds is 5. The molecular weight excluding hydrogens is 400 g/mol. The number of ether oxygens (including phenoxy) is 1. The number of nitrogens with one attached hydrogen (secondary N) is 1. The Morgan fingerprint density at radius 2 is 1.52 bits per heavy atom. The van der Waals surface area contributed by atoms with Gasteiger partial charge in [-0.25, -0.2) is 14.4 Å². The van der Waals surface area contributed by atoms with Crippen molar-refractivity contribution in [2.75, 3.05) is 19.7 Å². The Bertz CT molecular complexity index is 954. The van der Waals surface area contributed by atoms with E-state index in [2.05, 4.69) is 5.32 Å². The number of benzene rings is 2. The minimum absolute atomic E-state index is 0.101. The topological polar surface area (TPSA) is 116 Å². The number of likely N-dealkylation sites (tertiary alicyclic amines) is 1. The highest BCUT2D eigenvalue weighted by atomic mass is 16.5. The Morgan fingerprint density at radius 3 is 2.03 bits per heavy atom. The zero-order chi connectivity index (χ0) is 22.0. The van der Waals surface area contributed by atoms with Crippen molar-refractivity contribution in [2.24, 2.45) is 5.92 Å². The number of hydrogen-bond donors (Lipinski definition) is 3. The van der Waals surface area contributed by atoms with E-state index >= 15 is 0 Å². The van der Waals surface area contributed by atoms with Crippen LogP contribution in [0.1, 0.15) is 29.9 Å². The van der Waals surface area contributed by atoms with E-state index in [9.17, 15) is 19.5 Å². The summed E-state index contributed by atoms with van der Waals surface area (Å²) in [5.74, 6) is -1.61. The number of piperidine rings is 1. The molecule has 0 spiro atoms. The second-order valence-electron chi connectivity index (χ2n) is 7.89. The molecule has 1 saturated heterocycles. The van der Waals surface area contributed by atoms with Gasteiger partial charge in [0.25, 0.3) is 0 Å². The number of nitrogens with zero attached hydrogens (tertiary/aromatic N) is 1. The Labute approximate surface area is 179 Å². The molecule has 1 fully saturated rings. The fourth-order valence-electron chi connectivity index (χ4n) is 4.57. The van der Waals surface area contributed by atoms with Gasteiger partial charge in [-0.1, -0.05) is 48.5 Å². The van der Waals surface area contributed by atoms with Crippen LogP contribution in [-0.2, 0) is 9.53 Å². The lowest BCUT2D eigenvalue weighted by Gasteiger charge is -2.33. The zero-order valence-corrected chi connectivity index (χ0v) is 16.9. The van der Waals surface area contributed by atoms with E-state index in [0.29, 0.717) is 12.8 Å². The molecule has 0 bridgehead atoms. The van der Waals surface area contributed by atoms with E-state index in [1.54, 1.807) is 0 Å². The summed E-state index contributed by atoms with van der Waals surface area (Å²) in [5, 5.41) is 21.1. The maximum atomic E-state index is 12.5. The highest BCUT2D eigenvalue weighted by molar-refractivity contribution is 5.81. The van der Waals surface area contributed by atoms with Gasteiger partial charge in [-0.3, -0.25) is 0 Å². The summed E-state index contributed by atoms with van der Waals surface area (Å²) in [5.41, 5.74) is 4.38. The molecular formula is C23H24N2O6. The zero-order valence-electron chi connectivity index (χ0n) is 16.9. The van der Waals surface area contributed by atoms with Crippen molar-refractivity contribution in [1.29, 1.82) is 0 Å². The summed E-state index contributed by atoms with van der Waals surface area (Å²) < 4.78 is 5.45. The van der Waals surface area contributed by atoms with Crippen LogP contribution in [0.5, 0.6) is 0 Å². The largest absolute Gasteiger partial charge is 0.480 e. The van der Waals surface area contributed by atoms with Crippen LogP contribution in [0.4, 0.5) is 9.59 Å². The second-order valence-corrected chi connectivity index (χ2v) is 7.89. The third-order valence-corrected chi connectivity index (χ3v) is 6.16. The number of fused-ring (bicyclic) bond motifs is 3. The molecule has 162 valence electrons. The highest BCUT2D eigenvalue weighted by Gasteiger charge is 2.35. The van der Waals surface area contributed by atoms with Crippen LogP contribution in [-0.4, -0.2) is 59.0 Å². The second kappa shape index (κ2) is 8.67. The number of alkyl carbamates (subject to hydrolysis) is 1. The molecule has 0 aromatic heterocycles. The number of carboxylic acids is 1. The average molecular weight is 424 g/mol. The van der Waals surface area contributed by atoms with Crippen LogP contribution in [0.2, 0.25) is 0 Å². The van der Waals surface area contributed by atoms with Gasteiger partial charge in [-0.2, -0.15) is 0 Å². The Kier molecular flexibility index (Phi) is 5.79. The molecule has 2 aliphatic rings. The minimum atomic E-state index is -1.15. The molecule has 1 aliphatic heterocycles. The quantitative estimate of drug-likeness (QED) is 0.678.